The molecule has 2 aromatic carbocycles. The molecule has 88 heavy (non-hydrogen) atoms. The van der Waals surface area contributed by atoms with Crippen LogP contribution in [0, 0.1) is 41.4 Å². The molecule has 1 saturated heterocycles. The number of aliphatic hydroxyl groups is 1. The lowest BCUT2D eigenvalue weighted by molar-refractivity contribution is -0.148. The number of nitrogens with zero attached hydrogens (tertiary/aromatic N) is 3. The van der Waals surface area contributed by atoms with Crippen LogP contribution in [0.4, 0.5) is 15.3 Å². The van der Waals surface area contributed by atoms with Gasteiger partial charge in [0.05, 0.1) is 42.9 Å². The number of aliphatic hydroxyl groups excluding tert-OH is 1. The zero-order valence-corrected chi connectivity index (χ0v) is 54.4. The Labute approximate surface area is 520 Å². The first-order valence-electron chi connectivity index (χ1n) is 31.0. The number of likely N-dealkylation sites (N-methyl/N-ethyl adjacent to an activating group) is 2. The summed E-state index contributed by atoms with van der Waals surface area (Å²) in [5, 5.41) is 30.9. The van der Waals surface area contributed by atoms with Crippen LogP contribution in [-0.4, -0.2) is 168 Å². The topological polar surface area (TPSA) is 323 Å². The number of methoxy groups -OCH3 is 2. The van der Waals surface area contributed by atoms with Gasteiger partial charge in [0.15, 0.2) is 5.78 Å². The summed E-state index contributed by atoms with van der Waals surface area (Å²) >= 11 is 0. The fourth-order valence-electron chi connectivity index (χ4n) is 11.6. The molecule has 0 radical (unpaired) electrons. The standard InChI is InChI=1S/C65H102N8O15/c1-15-41(8)58(51(86-13)36-53(77)73-33-21-25-48(73)60(87-14)43(10)49(74)34-42(9)59(80)45-22-17-16-18-23-45)71(11)63(83)56(39(4)5)70-62(82)57(40(6)7)72(12)65(85)88-37-44-28-30-47(31-29-44)68-61(81)46(24-20-32-67-64(66)84)35-50(75)55(38(2)3)69-52(76)26-19-27-54(78)79/h16-18,22-23,28-31,38-43,46,48,51,55-60,80H,15,19-21,24-27,32-37H2,1-14H3,(H,68,81)(H,69,76)(H,70,82)(H,78,79)(H3,66,67,84)/t41-,42-,43-,46+,48-,51+,55-,56-,57-,58-,59+,60+/m0/s1. The summed E-state index contributed by atoms with van der Waals surface area (Å²) in [4.78, 5) is 138. The number of primary amides is 1. The molecule has 0 aromatic heterocycles. The molecule has 8 amide bonds. The summed E-state index contributed by atoms with van der Waals surface area (Å²) in [6, 6.07) is 10.8. The van der Waals surface area contributed by atoms with E-state index in [1.165, 1.54) is 19.1 Å². The molecular weight excluding hydrogens is 1130 g/mol. The lowest BCUT2D eigenvalue weighted by Crippen LogP contribution is -2.60. The number of nitrogens with two attached hydrogens (primary N) is 1. The van der Waals surface area contributed by atoms with E-state index in [4.69, 9.17) is 25.1 Å². The zero-order valence-electron chi connectivity index (χ0n) is 54.4. The summed E-state index contributed by atoms with van der Waals surface area (Å²) in [6.07, 6.45) is -0.952. The van der Waals surface area contributed by atoms with E-state index in [0.717, 1.165) is 5.56 Å². The van der Waals surface area contributed by atoms with E-state index in [9.17, 15) is 53.1 Å². The van der Waals surface area contributed by atoms with Gasteiger partial charge in [-0.25, -0.2) is 9.59 Å². The zero-order chi connectivity index (χ0) is 66.1. The highest BCUT2D eigenvalue weighted by Crippen LogP contribution is 2.33. The first-order valence-corrected chi connectivity index (χ1v) is 31.0. The number of carboxylic acid groups (broad SMARTS) is 1. The number of amides is 8. The number of rotatable bonds is 38. The van der Waals surface area contributed by atoms with Crippen LogP contribution in [0.15, 0.2) is 54.6 Å². The Hall–Kier alpha value is -6.98. The number of hydrogen-bond donors (Lipinski definition) is 7. The second-order valence-corrected chi connectivity index (χ2v) is 24.7. The number of likely N-dealkylation sites (tertiary alicyclic amines) is 1. The van der Waals surface area contributed by atoms with E-state index >= 15 is 0 Å². The van der Waals surface area contributed by atoms with E-state index in [1.807, 2.05) is 58.0 Å². The van der Waals surface area contributed by atoms with Crippen LogP contribution in [0.1, 0.15) is 157 Å². The van der Waals surface area contributed by atoms with Crippen molar-refractivity contribution in [3.63, 3.8) is 0 Å². The molecule has 1 fully saturated rings. The molecule has 0 aliphatic carbocycles. The molecule has 0 spiro atoms. The van der Waals surface area contributed by atoms with E-state index < -0.39 is 120 Å². The van der Waals surface area contributed by atoms with Crippen LogP contribution in [-0.2, 0) is 59.2 Å². The predicted molar refractivity (Wildman–Crippen MR) is 333 cm³/mol. The Kier molecular flexibility index (Phi) is 31.8. The minimum absolute atomic E-state index is 0.0740. The van der Waals surface area contributed by atoms with E-state index in [0.29, 0.717) is 43.5 Å². The fourth-order valence-corrected chi connectivity index (χ4v) is 11.6. The van der Waals surface area contributed by atoms with Crippen LogP contribution in [0.2, 0.25) is 0 Å². The molecule has 8 N–H and O–H groups in total. The number of hydrogen-bond acceptors (Lipinski definition) is 14. The van der Waals surface area contributed by atoms with Gasteiger partial charge >= 0.3 is 18.1 Å². The second-order valence-electron chi connectivity index (χ2n) is 24.7. The largest absolute Gasteiger partial charge is 0.481 e. The van der Waals surface area contributed by atoms with Gasteiger partial charge in [-0.3, -0.25) is 43.3 Å². The lowest BCUT2D eigenvalue weighted by Gasteiger charge is -2.41. The number of nitrogens with one attached hydrogen (secondary N) is 4. The van der Waals surface area contributed by atoms with Crippen molar-refractivity contribution in [2.75, 3.05) is 46.7 Å². The van der Waals surface area contributed by atoms with Gasteiger partial charge in [-0.1, -0.05) is 118 Å². The average Bonchev–Trinajstić information content (AvgIpc) is 4.06. The third kappa shape index (κ3) is 22.9. The minimum Gasteiger partial charge on any atom is -0.481 e. The number of carboxylic acids is 1. The number of benzene rings is 2. The number of ether oxygens (including phenoxy) is 3. The number of carbonyl (C=O) groups is 10. The van der Waals surface area contributed by atoms with Gasteiger partial charge in [0.2, 0.25) is 29.5 Å². The number of Topliss-reactive ketones (excluding diaryl/α,β-unsaturated/α-hetero) is 2. The van der Waals surface area contributed by atoms with Gasteiger partial charge in [-0.15, -0.1) is 0 Å². The van der Waals surface area contributed by atoms with Crippen LogP contribution in [0.25, 0.3) is 0 Å². The number of urea groups is 1. The summed E-state index contributed by atoms with van der Waals surface area (Å²) < 4.78 is 17.8. The molecule has 1 heterocycles. The molecule has 492 valence electrons. The first-order chi connectivity index (χ1) is 41.5. The molecule has 23 nitrogen and oxygen atoms in total. The predicted octanol–water partition coefficient (Wildman–Crippen LogP) is 7.03. The number of carbonyl (C=O) groups excluding carboxylic acids is 9. The molecule has 1 aliphatic heterocycles. The molecule has 1 aliphatic rings. The molecule has 0 unspecified atom stereocenters. The van der Waals surface area contributed by atoms with Crippen molar-refractivity contribution >= 4 is 64.9 Å². The third-order valence-electron chi connectivity index (χ3n) is 16.9. The molecule has 0 bridgehead atoms. The van der Waals surface area contributed by atoms with Crippen LogP contribution >= 0.6 is 0 Å². The smallest absolute Gasteiger partial charge is 0.410 e. The van der Waals surface area contributed by atoms with Crippen LogP contribution < -0.4 is 27.0 Å². The molecule has 12 atom stereocenters. The van der Waals surface area contributed by atoms with Crippen molar-refractivity contribution < 1.29 is 72.4 Å². The maximum atomic E-state index is 14.8. The number of anilines is 1. The van der Waals surface area contributed by atoms with Gasteiger partial charge in [-0.2, -0.15) is 0 Å². The Morgan fingerprint density at radius 2 is 1.36 bits per heavy atom. The number of ketones is 2. The summed E-state index contributed by atoms with van der Waals surface area (Å²) in [5.74, 6) is -6.86. The van der Waals surface area contributed by atoms with Crippen LogP contribution in [0.5, 0.6) is 0 Å². The van der Waals surface area contributed by atoms with Gasteiger partial charge in [0.1, 0.15) is 24.5 Å². The molecule has 0 saturated carbocycles. The summed E-state index contributed by atoms with van der Waals surface area (Å²) in [5.41, 5.74) is 6.85. The lowest BCUT2D eigenvalue weighted by atomic mass is 9.85. The van der Waals surface area contributed by atoms with Crippen molar-refractivity contribution in [1.29, 1.82) is 0 Å². The van der Waals surface area contributed by atoms with E-state index in [2.05, 4.69) is 21.3 Å². The van der Waals surface area contributed by atoms with Crippen molar-refractivity contribution in [2.24, 2.45) is 47.2 Å². The molecule has 23 heteroatoms. The molecule has 2 aromatic rings. The highest BCUT2D eigenvalue weighted by atomic mass is 16.6. The SMILES string of the molecule is CC[C@H](C)[C@@H]([C@@H](CC(=O)N1CCC[C@H]1[C@H](OC)[C@@H](C)C(=O)C[C@H](C)[C@@H](O)c1ccccc1)OC)N(C)C(=O)[C@@H](NC(=O)[C@H](C(C)C)N(C)C(=O)OCc1ccc(NC(=O)[C@H](CCCNC(N)=O)CC(=O)[C@@H](NC(=O)CCCC(=O)O)C(C)C)cc1)C(C)C. The Bertz CT molecular complexity index is 2600. The molecule has 3 rings (SSSR count). The quantitative estimate of drug-likeness (QED) is 0.0332. The monoisotopic (exact) mass is 1230 g/mol. The highest BCUT2D eigenvalue weighted by molar-refractivity contribution is 5.97. The van der Waals surface area contributed by atoms with Gasteiger partial charge < -0.3 is 61.2 Å². The molecular formula is C65H102N8O15. The Morgan fingerprint density at radius 3 is 1.92 bits per heavy atom. The normalized spacial score (nSPS) is 17.0. The summed E-state index contributed by atoms with van der Waals surface area (Å²) in [7, 11) is 6.12. The van der Waals surface area contributed by atoms with Crippen molar-refractivity contribution in [3.05, 3.63) is 65.7 Å². The van der Waals surface area contributed by atoms with Gasteiger partial charge in [-0.05, 0) is 85.0 Å². The third-order valence-corrected chi connectivity index (χ3v) is 16.9. The minimum atomic E-state index is -1.08. The number of aliphatic carboxylic acids is 1. The van der Waals surface area contributed by atoms with E-state index in [-0.39, 0.29) is 87.5 Å². The van der Waals surface area contributed by atoms with Gasteiger partial charge in [0, 0.05) is 84.6 Å². The first kappa shape index (κ1) is 75.3. The Balaban J connectivity index is 1.71. The van der Waals surface area contributed by atoms with Crippen molar-refractivity contribution in [2.45, 2.75) is 195 Å². The average molecular weight is 1240 g/mol. The van der Waals surface area contributed by atoms with Crippen molar-refractivity contribution in [1.82, 2.24) is 30.7 Å². The second kappa shape index (κ2) is 37.1. The Morgan fingerprint density at radius 1 is 0.727 bits per heavy atom. The fraction of sp³-hybridized carbons (Fsp3) is 0.662. The summed E-state index contributed by atoms with van der Waals surface area (Å²) in [6.45, 7) is 18.6. The van der Waals surface area contributed by atoms with Crippen LogP contribution in [0.3, 0.4) is 0 Å². The van der Waals surface area contributed by atoms with Crippen molar-refractivity contribution in [3.8, 4) is 0 Å². The van der Waals surface area contributed by atoms with E-state index in [1.54, 1.807) is 89.8 Å². The highest BCUT2D eigenvalue weighted by Gasteiger charge is 2.44. The maximum absolute atomic E-state index is 14.8. The van der Waals surface area contributed by atoms with Gasteiger partial charge in [0.25, 0.3) is 0 Å². The maximum Gasteiger partial charge on any atom is 0.410 e.